The molecule has 0 bridgehead atoms. The molecule has 1 saturated carbocycles. The molecule has 2 rings (SSSR count). The molecule has 1 fully saturated rings. The highest BCUT2D eigenvalue weighted by molar-refractivity contribution is 6.39. The number of nitrogens with one attached hydrogen (secondary N) is 1. The number of oxime groups is 1. The van der Waals surface area contributed by atoms with Gasteiger partial charge in [-0.05, 0) is 25.0 Å². The number of nitrogens with two attached hydrogens (primary N) is 1. The van der Waals surface area contributed by atoms with Crippen molar-refractivity contribution in [3.8, 4) is 0 Å². The topological polar surface area (TPSA) is 87.7 Å². The van der Waals surface area contributed by atoms with Crippen LogP contribution in [0.15, 0.2) is 23.4 Å². The molecule has 1 aromatic carbocycles. The van der Waals surface area contributed by atoms with Gasteiger partial charge in [0.05, 0.1) is 15.6 Å². The number of halogens is 2. The van der Waals surface area contributed by atoms with Crippen molar-refractivity contribution in [2.75, 3.05) is 0 Å². The summed E-state index contributed by atoms with van der Waals surface area (Å²) in [5, 5.41) is 15.5. The molecular weight excluding hydrogens is 313 g/mol. The normalized spacial score (nSPS) is 18.3. The minimum absolute atomic E-state index is 0.0127. The third-order valence-electron chi connectivity index (χ3n) is 3.85. The molecule has 0 radical (unpaired) electrons. The summed E-state index contributed by atoms with van der Waals surface area (Å²) >= 11 is 12.1. The van der Waals surface area contributed by atoms with Crippen molar-refractivity contribution in [2.45, 2.75) is 37.6 Å². The highest BCUT2D eigenvalue weighted by Gasteiger charge is 2.38. The standard InChI is InChI=1S/C14H17Cl2N3O2/c15-9-5-4-6-10(16)11(9)12(20)18-14(13(17)19-21)7-2-1-3-8-14/h4-6,21H,1-3,7-8H2,(H2,17,19)(H,18,20). The second-order valence-corrected chi connectivity index (χ2v) is 5.99. The van der Waals surface area contributed by atoms with E-state index < -0.39 is 11.4 Å². The number of amides is 1. The molecule has 1 aliphatic carbocycles. The van der Waals surface area contributed by atoms with E-state index in [9.17, 15) is 4.79 Å². The Kier molecular flexibility index (Phi) is 4.96. The lowest BCUT2D eigenvalue weighted by atomic mass is 9.80. The lowest BCUT2D eigenvalue weighted by Crippen LogP contribution is -2.58. The zero-order valence-electron chi connectivity index (χ0n) is 11.4. The molecule has 1 aromatic rings. The summed E-state index contributed by atoms with van der Waals surface area (Å²) in [5.74, 6) is -0.405. The maximum Gasteiger partial charge on any atom is 0.255 e. The van der Waals surface area contributed by atoms with Crippen LogP contribution in [0, 0.1) is 0 Å². The number of benzene rings is 1. The lowest BCUT2D eigenvalue weighted by molar-refractivity contribution is 0.0906. The van der Waals surface area contributed by atoms with Gasteiger partial charge in [-0.25, -0.2) is 0 Å². The van der Waals surface area contributed by atoms with Crippen molar-refractivity contribution < 1.29 is 10.0 Å². The molecule has 0 aliphatic heterocycles. The van der Waals surface area contributed by atoms with E-state index in [0.29, 0.717) is 12.8 Å². The first kappa shape index (κ1) is 15.9. The third-order valence-corrected chi connectivity index (χ3v) is 4.48. The smallest absolute Gasteiger partial charge is 0.255 e. The van der Waals surface area contributed by atoms with Gasteiger partial charge in [0.1, 0.15) is 5.54 Å². The van der Waals surface area contributed by atoms with Crippen molar-refractivity contribution in [3.63, 3.8) is 0 Å². The molecule has 1 aliphatic rings. The lowest BCUT2D eigenvalue weighted by Gasteiger charge is -2.36. The Labute approximate surface area is 133 Å². The van der Waals surface area contributed by atoms with E-state index in [2.05, 4.69) is 10.5 Å². The summed E-state index contributed by atoms with van der Waals surface area (Å²) in [6.45, 7) is 0. The van der Waals surface area contributed by atoms with Crippen molar-refractivity contribution in [1.29, 1.82) is 0 Å². The zero-order valence-corrected chi connectivity index (χ0v) is 12.9. The van der Waals surface area contributed by atoms with Crippen molar-refractivity contribution in [3.05, 3.63) is 33.8 Å². The van der Waals surface area contributed by atoms with Gasteiger partial charge in [0.2, 0.25) is 0 Å². The van der Waals surface area contributed by atoms with Gasteiger partial charge in [-0.2, -0.15) is 0 Å². The van der Waals surface area contributed by atoms with Crippen LogP contribution in [0.25, 0.3) is 0 Å². The van der Waals surface area contributed by atoms with E-state index in [4.69, 9.17) is 34.1 Å². The molecule has 0 aromatic heterocycles. The highest BCUT2D eigenvalue weighted by atomic mass is 35.5. The van der Waals surface area contributed by atoms with E-state index in [1.165, 1.54) is 0 Å². The van der Waals surface area contributed by atoms with Crippen LogP contribution in [0.2, 0.25) is 10.0 Å². The summed E-state index contributed by atoms with van der Waals surface area (Å²) in [7, 11) is 0. The number of hydrogen-bond donors (Lipinski definition) is 3. The van der Waals surface area contributed by atoms with Gasteiger partial charge in [0.15, 0.2) is 5.84 Å². The highest BCUT2D eigenvalue weighted by Crippen LogP contribution is 2.30. The predicted molar refractivity (Wildman–Crippen MR) is 83.2 cm³/mol. The van der Waals surface area contributed by atoms with E-state index in [1.807, 2.05) is 0 Å². The van der Waals surface area contributed by atoms with Gasteiger partial charge in [-0.1, -0.05) is 53.7 Å². The molecule has 0 heterocycles. The van der Waals surface area contributed by atoms with E-state index >= 15 is 0 Å². The maximum atomic E-state index is 12.5. The van der Waals surface area contributed by atoms with E-state index in [0.717, 1.165) is 19.3 Å². The minimum atomic E-state index is -0.841. The predicted octanol–water partition coefficient (Wildman–Crippen LogP) is 3.17. The molecule has 0 unspecified atom stereocenters. The summed E-state index contributed by atoms with van der Waals surface area (Å²) in [5.41, 5.74) is 5.17. The molecule has 0 saturated heterocycles. The van der Waals surface area contributed by atoms with Crippen LogP contribution in [0.5, 0.6) is 0 Å². The molecule has 0 spiro atoms. The van der Waals surface area contributed by atoms with Crippen LogP contribution in [-0.2, 0) is 0 Å². The molecule has 4 N–H and O–H groups in total. The second kappa shape index (κ2) is 6.54. The monoisotopic (exact) mass is 329 g/mol. The van der Waals surface area contributed by atoms with Crippen LogP contribution < -0.4 is 11.1 Å². The fraction of sp³-hybridized carbons (Fsp3) is 0.429. The summed E-state index contributed by atoms with van der Waals surface area (Å²) in [6, 6.07) is 4.86. The van der Waals surface area contributed by atoms with Crippen molar-refractivity contribution in [2.24, 2.45) is 10.9 Å². The Morgan fingerprint density at radius 3 is 2.33 bits per heavy atom. The number of carbonyl (C=O) groups excluding carboxylic acids is 1. The number of nitrogens with zero attached hydrogens (tertiary/aromatic N) is 1. The number of amidine groups is 1. The van der Waals surface area contributed by atoms with Crippen LogP contribution in [0.3, 0.4) is 0 Å². The van der Waals surface area contributed by atoms with E-state index in [1.54, 1.807) is 18.2 Å². The molecule has 114 valence electrons. The Morgan fingerprint density at radius 2 is 1.81 bits per heavy atom. The van der Waals surface area contributed by atoms with Crippen LogP contribution in [0.1, 0.15) is 42.5 Å². The average molecular weight is 330 g/mol. The fourth-order valence-electron chi connectivity index (χ4n) is 2.69. The molecule has 7 heteroatoms. The molecule has 0 atom stereocenters. The third kappa shape index (κ3) is 3.24. The Hall–Kier alpha value is -1.46. The first-order valence-corrected chi connectivity index (χ1v) is 7.50. The van der Waals surface area contributed by atoms with Crippen LogP contribution in [-0.4, -0.2) is 22.5 Å². The van der Waals surface area contributed by atoms with Gasteiger partial charge in [-0.3, -0.25) is 4.79 Å². The van der Waals surface area contributed by atoms with Gasteiger partial charge >= 0.3 is 0 Å². The Morgan fingerprint density at radius 1 is 1.24 bits per heavy atom. The first-order valence-electron chi connectivity index (χ1n) is 6.75. The number of rotatable bonds is 3. The fourth-order valence-corrected chi connectivity index (χ4v) is 3.26. The maximum absolute atomic E-state index is 12.5. The Balaban J connectivity index is 2.31. The number of carbonyl (C=O) groups is 1. The van der Waals surface area contributed by atoms with Crippen LogP contribution in [0.4, 0.5) is 0 Å². The van der Waals surface area contributed by atoms with E-state index in [-0.39, 0.29) is 21.4 Å². The SMILES string of the molecule is N/C(=N/O)C1(NC(=O)c2c(Cl)cccc2Cl)CCCCC1. The summed E-state index contributed by atoms with van der Waals surface area (Å²) < 4.78 is 0. The summed E-state index contributed by atoms with van der Waals surface area (Å²) in [4.78, 5) is 12.5. The average Bonchev–Trinajstić information content (AvgIpc) is 2.47. The summed E-state index contributed by atoms with van der Waals surface area (Å²) in [6.07, 6.45) is 4.09. The molecule has 21 heavy (non-hydrogen) atoms. The van der Waals surface area contributed by atoms with Gasteiger partial charge < -0.3 is 16.3 Å². The largest absolute Gasteiger partial charge is 0.409 e. The second-order valence-electron chi connectivity index (χ2n) is 5.18. The Bertz CT molecular complexity index is 549. The van der Waals surface area contributed by atoms with Gasteiger partial charge in [0, 0.05) is 0 Å². The first-order chi connectivity index (χ1) is 10.00. The van der Waals surface area contributed by atoms with Crippen molar-refractivity contribution >= 4 is 34.9 Å². The van der Waals surface area contributed by atoms with Crippen molar-refractivity contribution in [1.82, 2.24) is 5.32 Å². The zero-order chi connectivity index (χ0) is 15.5. The molecular formula is C14H17Cl2N3O2. The van der Waals surface area contributed by atoms with Gasteiger partial charge in [-0.15, -0.1) is 0 Å². The van der Waals surface area contributed by atoms with Gasteiger partial charge in [0.25, 0.3) is 5.91 Å². The molecule has 5 nitrogen and oxygen atoms in total. The quantitative estimate of drug-likeness (QED) is 0.344. The number of hydrogen-bond acceptors (Lipinski definition) is 3. The van der Waals surface area contributed by atoms with Crippen LogP contribution >= 0.6 is 23.2 Å². The minimum Gasteiger partial charge on any atom is -0.409 e. The molecule has 1 amide bonds.